The largest absolute Gasteiger partial charge is 0.550 e. The lowest BCUT2D eigenvalue weighted by molar-refractivity contribution is -0.849. The van der Waals surface area contributed by atoms with Crippen molar-refractivity contribution in [3.8, 4) is 0 Å². The minimum atomic E-state index is -1.43. The normalized spacial score (nSPS) is 9.92. The summed E-state index contributed by atoms with van der Waals surface area (Å²) >= 11 is 0. The molecule has 0 saturated heterocycles. The third kappa shape index (κ3) is 53.5. The van der Waals surface area contributed by atoms with Crippen molar-refractivity contribution < 1.29 is 19.1 Å². The zero-order valence-corrected chi connectivity index (χ0v) is 9.29. The lowest BCUT2D eigenvalue weighted by Gasteiger charge is -2.14. The van der Waals surface area contributed by atoms with Crippen LogP contribution in [0.15, 0.2) is 0 Å². The maximum atomic E-state index is 9.54. The van der Waals surface area contributed by atoms with Crippen LogP contribution in [-0.2, 0) is 4.74 Å². The molecule has 13 heavy (non-hydrogen) atoms. The molecule has 0 radical (unpaired) electrons. The van der Waals surface area contributed by atoms with Gasteiger partial charge in [-0.2, -0.15) is 0 Å². The van der Waals surface area contributed by atoms with Gasteiger partial charge in [0.25, 0.3) is 6.16 Å². The van der Waals surface area contributed by atoms with E-state index < -0.39 is 6.16 Å². The van der Waals surface area contributed by atoms with E-state index in [1.807, 2.05) is 6.92 Å². The topological polar surface area (TPSA) is 49.4 Å². The van der Waals surface area contributed by atoms with Gasteiger partial charge in [0.15, 0.2) is 0 Å². The predicted octanol–water partition coefficient (Wildman–Crippen LogP) is 0.469. The van der Waals surface area contributed by atoms with E-state index in [0.717, 1.165) is 17.3 Å². The van der Waals surface area contributed by atoms with Crippen molar-refractivity contribution in [1.29, 1.82) is 0 Å². The number of unbranched alkanes of at least 4 members (excludes halogenated alkanes) is 1. The Kier molecular flexibility index (Phi) is 8.91. The van der Waals surface area contributed by atoms with E-state index >= 15 is 0 Å². The highest BCUT2D eigenvalue weighted by Gasteiger charge is 1.88. The fourth-order valence-corrected chi connectivity index (χ4v) is 0.300. The zero-order valence-electron chi connectivity index (χ0n) is 9.29. The van der Waals surface area contributed by atoms with Crippen LogP contribution in [0.2, 0.25) is 0 Å². The van der Waals surface area contributed by atoms with Gasteiger partial charge in [0, 0.05) is 6.61 Å². The number of rotatable bonds is 3. The Balaban J connectivity index is 0. The average molecular weight is 191 g/mol. The van der Waals surface area contributed by atoms with Crippen LogP contribution in [0.4, 0.5) is 4.79 Å². The summed E-state index contributed by atoms with van der Waals surface area (Å²) in [5, 5.41) is 9.54. The minimum Gasteiger partial charge on any atom is -0.550 e. The molecule has 0 amide bonds. The van der Waals surface area contributed by atoms with Crippen molar-refractivity contribution in [3.05, 3.63) is 0 Å². The van der Waals surface area contributed by atoms with E-state index in [1.54, 1.807) is 0 Å². The molecule has 0 spiro atoms. The molecule has 0 aliphatic heterocycles. The molecule has 4 heteroatoms. The fraction of sp³-hybridized carbons (Fsp3) is 0.889. The molecule has 0 bridgehead atoms. The molecule has 80 valence electrons. The van der Waals surface area contributed by atoms with Gasteiger partial charge in [0.2, 0.25) is 0 Å². The third-order valence-corrected chi connectivity index (χ3v) is 0.718. The van der Waals surface area contributed by atoms with Crippen LogP contribution in [0, 0.1) is 0 Å². The Bertz CT molecular complexity index is 123. The SMILES string of the molecule is CCCCOC(=O)[O-].C[N+](C)(C)C. The molecule has 0 aromatic heterocycles. The van der Waals surface area contributed by atoms with Crippen LogP contribution >= 0.6 is 0 Å². The monoisotopic (exact) mass is 191 g/mol. The van der Waals surface area contributed by atoms with E-state index in [9.17, 15) is 9.90 Å². The van der Waals surface area contributed by atoms with E-state index in [4.69, 9.17) is 0 Å². The fourth-order valence-electron chi connectivity index (χ4n) is 0.300. The summed E-state index contributed by atoms with van der Waals surface area (Å²) in [6, 6.07) is 0. The molecule has 4 nitrogen and oxygen atoms in total. The number of quaternary nitrogens is 1. The first-order valence-corrected chi connectivity index (χ1v) is 4.40. The van der Waals surface area contributed by atoms with Crippen molar-refractivity contribution >= 4 is 6.16 Å². The zero-order chi connectivity index (χ0) is 10.9. The predicted molar refractivity (Wildman–Crippen MR) is 50.2 cm³/mol. The summed E-state index contributed by atoms with van der Waals surface area (Å²) in [6.45, 7) is 2.22. The number of nitrogens with zero attached hydrogens (tertiary/aromatic N) is 1. The van der Waals surface area contributed by atoms with E-state index in [1.165, 1.54) is 0 Å². The minimum absolute atomic E-state index is 0.263. The molecule has 0 heterocycles. The van der Waals surface area contributed by atoms with Crippen molar-refractivity contribution in [1.82, 2.24) is 0 Å². The van der Waals surface area contributed by atoms with Crippen LogP contribution < -0.4 is 5.11 Å². The molecule has 0 rings (SSSR count). The Hall–Kier alpha value is -0.770. The Morgan fingerprint density at radius 1 is 1.31 bits per heavy atom. The Morgan fingerprint density at radius 2 is 1.69 bits per heavy atom. The van der Waals surface area contributed by atoms with Gasteiger partial charge in [0.05, 0.1) is 28.2 Å². The lowest BCUT2D eigenvalue weighted by Crippen LogP contribution is -2.27. The number of carbonyl (C=O) groups is 1. The van der Waals surface area contributed by atoms with Crippen LogP contribution in [0.1, 0.15) is 19.8 Å². The van der Waals surface area contributed by atoms with Gasteiger partial charge in [-0.25, -0.2) is 0 Å². The van der Waals surface area contributed by atoms with Gasteiger partial charge >= 0.3 is 0 Å². The highest BCUT2D eigenvalue weighted by Crippen LogP contribution is 1.85. The van der Waals surface area contributed by atoms with E-state index in [0.29, 0.717) is 0 Å². The highest BCUT2D eigenvalue weighted by atomic mass is 16.7. The quantitative estimate of drug-likeness (QED) is 0.370. The second-order valence-corrected chi connectivity index (χ2v) is 4.14. The first-order chi connectivity index (χ1) is 5.77. The number of hydrogen-bond acceptors (Lipinski definition) is 3. The molecule has 0 saturated carbocycles. The van der Waals surface area contributed by atoms with Crippen molar-refractivity contribution in [2.24, 2.45) is 0 Å². The Labute approximate surface area is 80.7 Å². The lowest BCUT2D eigenvalue weighted by atomic mass is 10.4. The van der Waals surface area contributed by atoms with Crippen molar-refractivity contribution in [2.75, 3.05) is 34.8 Å². The molecule has 0 aromatic rings. The molecule has 0 unspecified atom stereocenters. The van der Waals surface area contributed by atoms with Crippen LogP contribution in [0.25, 0.3) is 0 Å². The summed E-state index contributed by atoms with van der Waals surface area (Å²) < 4.78 is 5.09. The summed E-state index contributed by atoms with van der Waals surface area (Å²) in [6.07, 6.45) is 0.278. The first-order valence-electron chi connectivity index (χ1n) is 4.40. The maximum Gasteiger partial charge on any atom is 0.251 e. The number of carbonyl (C=O) groups excluding carboxylic acids is 1. The van der Waals surface area contributed by atoms with Gasteiger partial charge in [0.1, 0.15) is 0 Å². The van der Waals surface area contributed by atoms with Crippen LogP contribution in [-0.4, -0.2) is 45.4 Å². The average Bonchev–Trinajstić information content (AvgIpc) is 1.83. The van der Waals surface area contributed by atoms with Gasteiger partial charge in [-0.05, 0) is 6.42 Å². The summed E-state index contributed by atoms with van der Waals surface area (Å²) in [5.74, 6) is 0. The van der Waals surface area contributed by atoms with Crippen LogP contribution in [0.3, 0.4) is 0 Å². The first kappa shape index (κ1) is 14.7. The summed E-state index contributed by atoms with van der Waals surface area (Å²) in [4.78, 5) is 9.54. The number of hydrogen-bond donors (Lipinski definition) is 0. The molecule has 0 atom stereocenters. The molecule has 0 N–H and O–H groups in total. The van der Waals surface area contributed by atoms with Crippen LogP contribution in [0.5, 0.6) is 0 Å². The summed E-state index contributed by atoms with van der Waals surface area (Å²) in [5.41, 5.74) is 0. The van der Waals surface area contributed by atoms with Gasteiger partial charge in [-0.15, -0.1) is 0 Å². The van der Waals surface area contributed by atoms with Crippen molar-refractivity contribution in [3.63, 3.8) is 0 Å². The molecule has 0 aliphatic rings. The highest BCUT2D eigenvalue weighted by molar-refractivity contribution is 5.53. The molecule has 0 aromatic carbocycles. The second kappa shape index (κ2) is 7.86. The van der Waals surface area contributed by atoms with E-state index in [-0.39, 0.29) is 6.61 Å². The standard InChI is InChI=1S/C5H10O3.C4H12N/c1-2-3-4-8-5(6)7;1-5(2,3)4/h2-4H2,1H3,(H,6,7);1-4H3/q;+1/p-1. The van der Waals surface area contributed by atoms with Gasteiger partial charge < -0.3 is 19.1 Å². The molecular weight excluding hydrogens is 170 g/mol. The third-order valence-electron chi connectivity index (χ3n) is 0.718. The molecule has 0 fully saturated rings. The van der Waals surface area contributed by atoms with E-state index in [2.05, 4.69) is 32.9 Å². The molecular formula is C9H21NO3. The second-order valence-electron chi connectivity index (χ2n) is 4.14. The Morgan fingerprint density at radius 3 is 1.92 bits per heavy atom. The maximum absolute atomic E-state index is 9.54. The van der Waals surface area contributed by atoms with Crippen molar-refractivity contribution in [2.45, 2.75) is 19.8 Å². The van der Waals surface area contributed by atoms with Gasteiger partial charge in [-0.1, -0.05) is 13.3 Å². The van der Waals surface area contributed by atoms with Gasteiger partial charge in [-0.3, -0.25) is 0 Å². The number of ether oxygens (including phenoxy) is 1. The number of carboxylic acid groups (broad SMARTS) is 1. The molecule has 0 aliphatic carbocycles. The summed E-state index contributed by atoms with van der Waals surface area (Å²) in [7, 11) is 8.50. The smallest absolute Gasteiger partial charge is 0.251 e.